The molecule has 3 N–H and O–H groups in total. The second-order valence-electron chi connectivity index (χ2n) is 6.72. The molecule has 1 aromatic carbocycles. The standard InChI is InChI=1S/C20H16F3N5O2/c1-9-15-17(28-19(24)25-9)20(22,23)16(27-18(15)29)11-7-6-10(21)8-12(11)13-4-3-5-14(26-13)30-2/h3-8,16H,1-2H3,(H,27,29)(H2,24,25,28)/t16-/m0/s1. The lowest BCUT2D eigenvalue weighted by molar-refractivity contribution is -0.0526. The van der Waals surface area contributed by atoms with Crippen molar-refractivity contribution < 1.29 is 22.7 Å². The van der Waals surface area contributed by atoms with Gasteiger partial charge >= 0.3 is 5.92 Å². The Morgan fingerprint density at radius 3 is 2.67 bits per heavy atom. The molecule has 1 aliphatic heterocycles. The fourth-order valence-electron chi connectivity index (χ4n) is 3.49. The highest BCUT2D eigenvalue weighted by Gasteiger charge is 2.52. The summed E-state index contributed by atoms with van der Waals surface area (Å²) in [4.78, 5) is 24.3. The average molecular weight is 415 g/mol. The summed E-state index contributed by atoms with van der Waals surface area (Å²) in [5.74, 6) is -5.20. The van der Waals surface area contributed by atoms with Crippen molar-refractivity contribution in [3.05, 3.63) is 64.7 Å². The van der Waals surface area contributed by atoms with Crippen LogP contribution in [0.3, 0.4) is 0 Å². The third-order valence-electron chi connectivity index (χ3n) is 4.82. The van der Waals surface area contributed by atoms with Gasteiger partial charge in [0.25, 0.3) is 5.91 Å². The molecule has 154 valence electrons. The van der Waals surface area contributed by atoms with Crippen molar-refractivity contribution >= 4 is 11.9 Å². The van der Waals surface area contributed by atoms with Crippen molar-refractivity contribution in [1.82, 2.24) is 20.3 Å². The normalized spacial score (nSPS) is 17.2. The Hall–Kier alpha value is -3.69. The number of nitrogen functional groups attached to an aromatic ring is 1. The predicted octanol–water partition coefficient (Wildman–Crippen LogP) is 3.15. The highest BCUT2D eigenvalue weighted by atomic mass is 19.3. The van der Waals surface area contributed by atoms with Crippen LogP contribution in [0, 0.1) is 12.7 Å². The Bertz CT molecular complexity index is 1170. The maximum atomic E-state index is 15.5. The van der Waals surface area contributed by atoms with Gasteiger partial charge in [0.15, 0.2) is 0 Å². The Kier molecular flexibility index (Phi) is 4.56. The van der Waals surface area contributed by atoms with Gasteiger partial charge in [0.05, 0.1) is 24.1 Å². The highest BCUT2D eigenvalue weighted by molar-refractivity contribution is 5.98. The number of carbonyl (C=O) groups is 1. The fraction of sp³-hybridized carbons (Fsp3) is 0.200. The lowest BCUT2D eigenvalue weighted by Gasteiger charge is -2.34. The molecule has 3 heterocycles. The molecule has 0 bridgehead atoms. The van der Waals surface area contributed by atoms with Crippen LogP contribution in [0.4, 0.5) is 19.1 Å². The van der Waals surface area contributed by atoms with Crippen molar-refractivity contribution in [2.75, 3.05) is 12.8 Å². The zero-order chi connectivity index (χ0) is 21.6. The molecule has 0 spiro atoms. The number of pyridine rings is 1. The first-order valence-electron chi connectivity index (χ1n) is 8.86. The summed E-state index contributed by atoms with van der Waals surface area (Å²) in [5, 5.41) is 2.31. The van der Waals surface area contributed by atoms with E-state index < -0.39 is 29.4 Å². The predicted molar refractivity (Wildman–Crippen MR) is 101 cm³/mol. The van der Waals surface area contributed by atoms with E-state index in [1.807, 2.05) is 0 Å². The molecule has 4 rings (SSSR count). The van der Waals surface area contributed by atoms with Crippen LogP contribution >= 0.6 is 0 Å². The van der Waals surface area contributed by atoms with Crippen LogP contribution in [0.2, 0.25) is 0 Å². The number of carbonyl (C=O) groups excluding carboxylic acids is 1. The van der Waals surface area contributed by atoms with E-state index in [-0.39, 0.29) is 39.9 Å². The molecule has 0 saturated heterocycles. The lowest BCUT2D eigenvalue weighted by atomic mass is 9.87. The number of hydrogen-bond acceptors (Lipinski definition) is 6. The van der Waals surface area contributed by atoms with Crippen LogP contribution in [0.25, 0.3) is 11.3 Å². The van der Waals surface area contributed by atoms with Crippen molar-refractivity contribution in [3.63, 3.8) is 0 Å². The molecule has 0 unspecified atom stereocenters. The van der Waals surface area contributed by atoms with Crippen LogP contribution < -0.4 is 15.8 Å². The van der Waals surface area contributed by atoms with Crippen LogP contribution in [-0.4, -0.2) is 28.0 Å². The minimum absolute atomic E-state index is 0.0315. The summed E-state index contributed by atoms with van der Waals surface area (Å²) in [6.07, 6.45) is 0. The molecule has 7 nitrogen and oxygen atoms in total. The number of hydrogen-bond donors (Lipinski definition) is 2. The Labute approximate surface area is 169 Å². The number of benzene rings is 1. The Morgan fingerprint density at radius 1 is 1.17 bits per heavy atom. The molecule has 2 aromatic heterocycles. The fourth-order valence-corrected chi connectivity index (χ4v) is 3.49. The van der Waals surface area contributed by atoms with E-state index in [4.69, 9.17) is 10.5 Å². The summed E-state index contributed by atoms with van der Waals surface area (Å²) in [6, 6.07) is 6.17. The maximum absolute atomic E-state index is 15.5. The van der Waals surface area contributed by atoms with Crippen LogP contribution in [0.1, 0.15) is 33.4 Å². The molecule has 0 radical (unpaired) electrons. The van der Waals surface area contributed by atoms with Crippen molar-refractivity contribution in [3.8, 4) is 17.1 Å². The van der Waals surface area contributed by atoms with Gasteiger partial charge in [-0.1, -0.05) is 12.1 Å². The summed E-state index contributed by atoms with van der Waals surface area (Å²) >= 11 is 0. The summed E-state index contributed by atoms with van der Waals surface area (Å²) in [5.41, 5.74) is 4.75. The number of methoxy groups -OCH3 is 1. The monoisotopic (exact) mass is 415 g/mol. The zero-order valence-electron chi connectivity index (χ0n) is 15.9. The van der Waals surface area contributed by atoms with E-state index in [0.717, 1.165) is 12.1 Å². The number of aryl methyl sites for hydroxylation is 1. The van der Waals surface area contributed by atoms with Crippen molar-refractivity contribution in [1.29, 1.82) is 0 Å². The van der Waals surface area contributed by atoms with E-state index in [9.17, 15) is 9.18 Å². The van der Waals surface area contributed by atoms with Gasteiger partial charge in [-0.2, -0.15) is 8.78 Å². The van der Waals surface area contributed by atoms with Gasteiger partial charge < -0.3 is 15.8 Å². The summed E-state index contributed by atoms with van der Waals surface area (Å²) in [7, 11) is 1.40. The SMILES string of the molecule is COc1cccc(-c2cc(F)ccc2[C@@H]2NC(=O)c3c(C)nc(N)nc3C2(F)F)n1. The minimum Gasteiger partial charge on any atom is -0.481 e. The molecular weight excluding hydrogens is 399 g/mol. The highest BCUT2D eigenvalue weighted by Crippen LogP contribution is 2.47. The van der Waals surface area contributed by atoms with Gasteiger partial charge in [-0.3, -0.25) is 4.79 Å². The average Bonchev–Trinajstić information content (AvgIpc) is 2.70. The van der Waals surface area contributed by atoms with Gasteiger partial charge in [0.1, 0.15) is 17.6 Å². The number of nitrogens with two attached hydrogens (primary N) is 1. The first kappa shape index (κ1) is 19.6. The van der Waals surface area contributed by atoms with Crippen LogP contribution in [0.5, 0.6) is 5.88 Å². The number of halogens is 3. The molecule has 1 amide bonds. The third kappa shape index (κ3) is 3.10. The molecule has 0 fully saturated rings. The lowest BCUT2D eigenvalue weighted by Crippen LogP contribution is -2.46. The van der Waals surface area contributed by atoms with Crippen molar-refractivity contribution in [2.45, 2.75) is 18.9 Å². The molecule has 1 aliphatic rings. The molecule has 1 atom stereocenters. The van der Waals surface area contributed by atoms with Gasteiger partial charge in [-0.25, -0.2) is 19.3 Å². The van der Waals surface area contributed by atoms with E-state index in [2.05, 4.69) is 20.3 Å². The number of anilines is 1. The molecular formula is C20H16F3N5O2. The number of nitrogens with zero attached hydrogens (tertiary/aromatic N) is 3. The zero-order valence-corrected chi connectivity index (χ0v) is 15.9. The van der Waals surface area contributed by atoms with E-state index in [1.165, 1.54) is 26.2 Å². The van der Waals surface area contributed by atoms with Crippen molar-refractivity contribution in [2.24, 2.45) is 0 Å². The second-order valence-corrected chi connectivity index (χ2v) is 6.72. The number of ether oxygens (including phenoxy) is 1. The van der Waals surface area contributed by atoms with Gasteiger partial charge in [-0.15, -0.1) is 0 Å². The first-order valence-corrected chi connectivity index (χ1v) is 8.86. The molecule has 3 aromatic rings. The Morgan fingerprint density at radius 2 is 1.93 bits per heavy atom. The number of rotatable bonds is 3. The van der Waals surface area contributed by atoms with Crippen LogP contribution in [0.15, 0.2) is 36.4 Å². The number of fused-ring (bicyclic) bond motifs is 1. The van der Waals surface area contributed by atoms with Gasteiger partial charge in [0.2, 0.25) is 11.8 Å². The minimum atomic E-state index is -3.64. The summed E-state index contributed by atoms with van der Waals surface area (Å²) in [6.45, 7) is 1.40. The smallest absolute Gasteiger partial charge is 0.314 e. The van der Waals surface area contributed by atoms with E-state index in [0.29, 0.717) is 0 Å². The quantitative estimate of drug-likeness (QED) is 0.681. The maximum Gasteiger partial charge on any atom is 0.314 e. The number of aromatic nitrogens is 3. The molecule has 30 heavy (non-hydrogen) atoms. The first-order chi connectivity index (χ1) is 14.2. The van der Waals surface area contributed by atoms with Crippen LogP contribution in [-0.2, 0) is 5.92 Å². The Balaban J connectivity index is 1.92. The van der Waals surface area contributed by atoms with E-state index >= 15 is 8.78 Å². The molecule has 10 heteroatoms. The topological polar surface area (TPSA) is 103 Å². The third-order valence-corrected chi connectivity index (χ3v) is 4.82. The van der Waals surface area contributed by atoms with Gasteiger partial charge in [0, 0.05) is 11.6 Å². The number of nitrogens with one attached hydrogen (secondary N) is 1. The number of alkyl halides is 2. The largest absolute Gasteiger partial charge is 0.481 e. The molecule has 0 saturated carbocycles. The van der Waals surface area contributed by atoms with Gasteiger partial charge in [-0.05, 0) is 30.7 Å². The summed E-state index contributed by atoms with van der Waals surface area (Å²) < 4.78 is 50.1. The number of amides is 1. The van der Waals surface area contributed by atoms with E-state index in [1.54, 1.807) is 12.1 Å². The second kappa shape index (κ2) is 6.97. The molecule has 0 aliphatic carbocycles.